The molecule has 0 radical (unpaired) electrons. The van der Waals surface area contributed by atoms with Crippen LogP contribution in [0, 0.1) is 0 Å². The molecule has 0 unspecified atom stereocenters. The Hall–Kier alpha value is -2.38. The Bertz CT molecular complexity index is 845. The zero-order valence-electron chi connectivity index (χ0n) is 17.2. The molecule has 3 heterocycles. The Morgan fingerprint density at radius 2 is 1.63 bits per heavy atom. The van der Waals surface area contributed by atoms with E-state index in [0.717, 1.165) is 55.2 Å². The number of hydrogen-bond acceptors (Lipinski definition) is 5. The highest BCUT2D eigenvalue weighted by atomic mass is 32.2. The van der Waals surface area contributed by atoms with Crippen molar-refractivity contribution in [3.8, 4) is 0 Å². The summed E-state index contributed by atoms with van der Waals surface area (Å²) in [6.07, 6.45) is 5.90. The third-order valence-corrected chi connectivity index (χ3v) is 6.79. The fourth-order valence-corrected chi connectivity index (χ4v) is 4.73. The lowest BCUT2D eigenvalue weighted by molar-refractivity contribution is -0.131. The first-order chi connectivity index (χ1) is 14.7. The maximum atomic E-state index is 12.8. The summed E-state index contributed by atoms with van der Waals surface area (Å²) in [6.45, 7) is 5.12. The van der Waals surface area contributed by atoms with Gasteiger partial charge in [0, 0.05) is 67.9 Å². The van der Waals surface area contributed by atoms with Gasteiger partial charge >= 0.3 is 0 Å². The van der Waals surface area contributed by atoms with E-state index in [-0.39, 0.29) is 11.8 Å². The van der Waals surface area contributed by atoms with Crippen LogP contribution in [-0.2, 0) is 10.5 Å². The number of pyridine rings is 1. The molecule has 2 fully saturated rings. The van der Waals surface area contributed by atoms with Crippen LogP contribution in [0.25, 0.3) is 0 Å². The normalized spacial score (nSPS) is 17.3. The SMILES string of the molecule is O=C(CN1CCN(C(=O)c2ccc(SCc3cccnc3)cc2)CC1)N1CCCC1. The van der Waals surface area contributed by atoms with Crippen LogP contribution in [0.3, 0.4) is 0 Å². The molecule has 0 spiro atoms. The van der Waals surface area contributed by atoms with Crippen LogP contribution in [0.4, 0.5) is 0 Å². The van der Waals surface area contributed by atoms with Crippen molar-refractivity contribution in [2.45, 2.75) is 23.5 Å². The number of thioether (sulfide) groups is 1. The molecule has 0 saturated carbocycles. The summed E-state index contributed by atoms with van der Waals surface area (Å²) < 4.78 is 0. The van der Waals surface area contributed by atoms with Crippen molar-refractivity contribution >= 4 is 23.6 Å². The summed E-state index contributed by atoms with van der Waals surface area (Å²) in [5, 5.41) is 0. The summed E-state index contributed by atoms with van der Waals surface area (Å²) >= 11 is 1.74. The predicted molar refractivity (Wildman–Crippen MR) is 118 cm³/mol. The highest BCUT2D eigenvalue weighted by molar-refractivity contribution is 7.98. The van der Waals surface area contributed by atoms with E-state index in [2.05, 4.69) is 16.0 Å². The van der Waals surface area contributed by atoms with E-state index < -0.39 is 0 Å². The van der Waals surface area contributed by atoms with Gasteiger partial charge in [0.15, 0.2) is 0 Å². The Balaban J connectivity index is 1.24. The number of amides is 2. The summed E-state index contributed by atoms with van der Waals surface area (Å²) in [4.78, 5) is 36.5. The molecule has 0 atom stereocenters. The zero-order chi connectivity index (χ0) is 20.8. The lowest BCUT2D eigenvalue weighted by atomic mass is 10.2. The first-order valence-corrected chi connectivity index (χ1v) is 11.6. The molecule has 1 aromatic carbocycles. The topological polar surface area (TPSA) is 56.8 Å². The average Bonchev–Trinajstić information content (AvgIpc) is 3.34. The first-order valence-electron chi connectivity index (χ1n) is 10.6. The van der Waals surface area contributed by atoms with Crippen molar-refractivity contribution in [3.05, 3.63) is 59.9 Å². The number of likely N-dealkylation sites (tertiary alicyclic amines) is 1. The average molecular weight is 425 g/mol. The van der Waals surface area contributed by atoms with Crippen LogP contribution in [-0.4, -0.2) is 77.3 Å². The number of nitrogens with zero attached hydrogens (tertiary/aromatic N) is 4. The van der Waals surface area contributed by atoms with Crippen LogP contribution in [0.15, 0.2) is 53.7 Å². The lowest BCUT2D eigenvalue weighted by Gasteiger charge is -2.35. The van der Waals surface area contributed by atoms with Gasteiger partial charge in [-0.2, -0.15) is 0 Å². The molecule has 1 aromatic heterocycles. The molecule has 0 bridgehead atoms. The second kappa shape index (κ2) is 10.1. The van der Waals surface area contributed by atoms with E-state index in [4.69, 9.17) is 0 Å². The van der Waals surface area contributed by atoms with Gasteiger partial charge in [0.2, 0.25) is 5.91 Å². The molecular weight excluding hydrogens is 396 g/mol. The van der Waals surface area contributed by atoms with E-state index in [1.807, 2.05) is 46.3 Å². The molecule has 0 aliphatic carbocycles. The van der Waals surface area contributed by atoms with Crippen molar-refractivity contribution in [3.63, 3.8) is 0 Å². The summed E-state index contributed by atoms with van der Waals surface area (Å²) in [7, 11) is 0. The van der Waals surface area contributed by atoms with Gasteiger partial charge in [-0.25, -0.2) is 0 Å². The molecular formula is C23H28N4O2S. The second-order valence-corrected chi connectivity index (χ2v) is 8.88. The quantitative estimate of drug-likeness (QED) is 0.668. The highest BCUT2D eigenvalue weighted by Gasteiger charge is 2.25. The van der Waals surface area contributed by atoms with Crippen molar-refractivity contribution in [2.75, 3.05) is 45.8 Å². The van der Waals surface area contributed by atoms with Crippen molar-refractivity contribution in [1.29, 1.82) is 0 Å². The van der Waals surface area contributed by atoms with Crippen LogP contribution in [0.5, 0.6) is 0 Å². The minimum atomic E-state index is 0.0735. The largest absolute Gasteiger partial charge is 0.342 e. The molecule has 2 aliphatic heterocycles. The molecule has 0 N–H and O–H groups in total. The van der Waals surface area contributed by atoms with Crippen LogP contribution in [0.1, 0.15) is 28.8 Å². The van der Waals surface area contributed by atoms with Gasteiger partial charge in [0.05, 0.1) is 6.54 Å². The summed E-state index contributed by atoms with van der Waals surface area (Å²) in [5.74, 6) is 1.16. The number of hydrogen-bond donors (Lipinski definition) is 0. The fourth-order valence-electron chi connectivity index (χ4n) is 3.89. The standard InChI is InChI=1S/C23H28N4O2S/c28-22(26-10-1-2-11-26)17-25-12-14-27(15-13-25)23(29)20-5-7-21(8-6-20)30-18-19-4-3-9-24-16-19/h3-9,16H,1-2,10-15,17-18H2. The monoisotopic (exact) mass is 424 g/mol. The third-order valence-electron chi connectivity index (χ3n) is 5.71. The van der Waals surface area contributed by atoms with E-state index in [0.29, 0.717) is 19.6 Å². The van der Waals surface area contributed by atoms with Crippen molar-refractivity contribution in [1.82, 2.24) is 19.7 Å². The molecule has 2 saturated heterocycles. The van der Waals surface area contributed by atoms with Crippen molar-refractivity contribution < 1.29 is 9.59 Å². The van der Waals surface area contributed by atoms with Gasteiger partial charge in [-0.15, -0.1) is 11.8 Å². The number of benzene rings is 1. The Morgan fingerprint density at radius 1 is 0.900 bits per heavy atom. The van der Waals surface area contributed by atoms with Gasteiger partial charge in [0.1, 0.15) is 0 Å². The molecule has 2 aromatic rings. The van der Waals surface area contributed by atoms with Gasteiger partial charge in [0.25, 0.3) is 5.91 Å². The van der Waals surface area contributed by atoms with Crippen LogP contribution in [0.2, 0.25) is 0 Å². The lowest BCUT2D eigenvalue weighted by Crippen LogP contribution is -2.51. The van der Waals surface area contributed by atoms with Crippen LogP contribution >= 0.6 is 11.8 Å². The number of carbonyl (C=O) groups excluding carboxylic acids is 2. The Kier molecular flexibility index (Phi) is 7.02. The third kappa shape index (κ3) is 5.40. The van der Waals surface area contributed by atoms with Gasteiger partial charge in [-0.1, -0.05) is 6.07 Å². The Labute approximate surface area is 182 Å². The smallest absolute Gasteiger partial charge is 0.253 e. The minimum Gasteiger partial charge on any atom is -0.342 e. The van der Waals surface area contributed by atoms with E-state index in [1.54, 1.807) is 18.0 Å². The number of carbonyl (C=O) groups is 2. The molecule has 4 rings (SSSR count). The molecule has 2 aliphatic rings. The number of rotatable bonds is 6. The Morgan fingerprint density at radius 3 is 2.30 bits per heavy atom. The van der Waals surface area contributed by atoms with Crippen molar-refractivity contribution in [2.24, 2.45) is 0 Å². The van der Waals surface area contributed by atoms with E-state index in [1.165, 1.54) is 5.56 Å². The molecule has 30 heavy (non-hydrogen) atoms. The number of piperazine rings is 1. The minimum absolute atomic E-state index is 0.0735. The molecule has 158 valence electrons. The highest BCUT2D eigenvalue weighted by Crippen LogP contribution is 2.23. The molecule has 2 amide bonds. The fraction of sp³-hybridized carbons (Fsp3) is 0.435. The maximum Gasteiger partial charge on any atom is 0.253 e. The van der Waals surface area contributed by atoms with E-state index in [9.17, 15) is 9.59 Å². The summed E-state index contributed by atoms with van der Waals surface area (Å²) in [5.41, 5.74) is 1.91. The van der Waals surface area contributed by atoms with E-state index >= 15 is 0 Å². The van der Waals surface area contributed by atoms with Gasteiger partial charge < -0.3 is 9.80 Å². The molecule has 7 heteroatoms. The summed E-state index contributed by atoms with van der Waals surface area (Å²) in [6, 6.07) is 11.9. The predicted octanol–water partition coefficient (Wildman–Crippen LogP) is 2.75. The van der Waals surface area contributed by atoms with Crippen LogP contribution < -0.4 is 0 Å². The first kappa shape index (κ1) is 20.9. The second-order valence-electron chi connectivity index (χ2n) is 7.83. The zero-order valence-corrected chi connectivity index (χ0v) is 18.0. The molecule has 6 nitrogen and oxygen atoms in total. The number of aromatic nitrogens is 1. The van der Waals surface area contributed by atoms with Gasteiger partial charge in [-0.05, 0) is 48.7 Å². The maximum absolute atomic E-state index is 12.8. The van der Waals surface area contributed by atoms with Gasteiger partial charge in [-0.3, -0.25) is 19.5 Å².